The van der Waals surface area contributed by atoms with E-state index in [4.69, 9.17) is 9.47 Å². The molecule has 0 bridgehead atoms. The summed E-state index contributed by atoms with van der Waals surface area (Å²) in [5.74, 6) is 1.83. The summed E-state index contributed by atoms with van der Waals surface area (Å²) in [5, 5.41) is 12.8. The summed E-state index contributed by atoms with van der Waals surface area (Å²) in [5.41, 5.74) is 1.77. The number of methoxy groups -OCH3 is 2. The van der Waals surface area contributed by atoms with Gasteiger partial charge in [0.25, 0.3) is 5.88 Å². The quantitative estimate of drug-likeness (QED) is 0.215. The number of rotatable bonds is 7. The Balaban J connectivity index is -0.00000156. The number of anilines is 1. The van der Waals surface area contributed by atoms with Crippen molar-refractivity contribution in [3.05, 3.63) is 30.3 Å². The van der Waals surface area contributed by atoms with Crippen LogP contribution in [0.2, 0.25) is 0 Å². The van der Waals surface area contributed by atoms with Crippen LogP contribution in [0.5, 0.6) is 11.6 Å². The number of ether oxygens (including phenoxy) is 2. The third-order valence-corrected chi connectivity index (χ3v) is 3.72. The van der Waals surface area contributed by atoms with Gasteiger partial charge in [0.05, 0.1) is 19.3 Å². The van der Waals surface area contributed by atoms with Crippen LogP contribution in [0.3, 0.4) is 0 Å². The Labute approximate surface area is 197 Å². The molecule has 7 nitrogen and oxygen atoms in total. The fraction of sp³-hybridized carbons (Fsp3) is 0.412. The molecule has 0 aliphatic carbocycles. The van der Waals surface area contributed by atoms with E-state index < -0.39 is 0 Å². The van der Waals surface area contributed by atoms with E-state index in [1.165, 1.54) is 0 Å². The zero-order valence-corrected chi connectivity index (χ0v) is 21.9. The van der Waals surface area contributed by atoms with E-state index in [0.717, 1.165) is 18.8 Å². The Morgan fingerprint density at radius 2 is 1.61 bits per heavy atom. The molecule has 0 aliphatic rings. The third kappa shape index (κ3) is 8.04. The van der Waals surface area contributed by atoms with E-state index in [0.29, 0.717) is 23.1 Å². The summed E-state index contributed by atoms with van der Waals surface area (Å²) in [6.07, 6.45) is 0. The summed E-state index contributed by atoms with van der Waals surface area (Å²) in [6, 6.07) is 9.46. The largest absolute Gasteiger partial charge is 2.00 e. The van der Waals surface area contributed by atoms with Crippen LogP contribution in [-0.4, -0.2) is 32.4 Å². The monoisotopic (exact) mass is 499 g/mol. The second-order valence-corrected chi connectivity index (χ2v) is 5.09. The van der Waals surface area contributed by atoms with Gasteiger partial charge in [0.2, 0.25) is 0 Å². The molecular weight excluding hydrogens is 478 g/mol. The first-order chi connectivity index (χ1) is 11.6. The van der Waals surface area contributed by atoms with Gasteiger partial charge < -0.3 is 51.6 Å². The van der Waals surface area contributed by atoms with Gasteiger partial charge in [0, 0.05) is 37.0 Å². The minimum Gasteiger partial charge on any atom is -1.00 e. The SMILES string of the molecule is CCN(CC)c1ccc(N=Nc2ccc(OC)n[n+]2C)c(OC)c1.[Cl-].[Cl-].[Cl-].[Zn+2]. The van der Waals surface area contributed by atoms with Crippen LogP contribution in [0.15, 0.2) is 40.6 Å². The topological polar surface area (TPSA) is 63.2 Å². The van der Waals surface area contributed by atoms with Gasteiger partial charge in [0.1, 0.15) is 7.05 Å². The Bertz CT molecular complexity index is 734. The number of aryl methyl sites for hydroxylation is 1. The molecule has 0 saturated heterocycles. The minimum atomic E-state index is 0. The molecule has 0 spiro atoms. The van der Waals surface area contributed by atoms with Crippen molar-refractivity contribution >= 4 is 17.2 Å². The molecule has 11 heteroatoms. The molecule has 0 atom stereocenters. The standard InChI is InChI=1S/C17H24N5O2.3ClH.Zn/c1-6-22(7-2)13-8-9-14(15(12-13)23-4)18-19-16-10-11-17(24-5)20-21(16)3;;;;/h8-12H,6-7H2,1-5H3;3*1H;/q+1;;;;+2/p-3. The molecule has 1 heterocycles. The number of hydrogen-bond donors (Lipinski definition) is 0. The van der Waals surface area contributed by atoms with Crippen LogP contribution in [-0.2, 0) is 26.5 Å². The maximum absolute atomic E-state index is 5.46. The second kappa shape index (κ2) is 15.7. The molecule has 1 aromatic heterocycles. The van der Waals surface area contributed by atoms with E-state index in [1.807, 2.05) is 18.2 Å². The van der Waals surface area contributed by atoms with Gasteiger partial charge >= 0.3 is 25.3 Å². The predicted molar refractivity (Wildman–Crippen MR) is 92.7 cm³/mol. The van der Waals surface area contributed by atoms with E-state index in [2.05, 4.69) is 34.1 Å². The van der Waals surface area contributed by atoms with Gasteiger partial charge in [-0.15, -0.1) is 4.68 Å². The van der Waals surface area contributed by atoms with E-state index >= 15 is 0 Å². The Morgan fingerprint density at radius 1 is 0.964 bits per heavy atom. The average Bonchev–Trinajstić information content (AvgIpc) is 2.62. The van der Waals surface area contributed by atoms with Gasteiger partial charge in [-0.25, -0.2) is 0 Å². The van der Waals surface area contributed by atoms with Crippen LogP contribution in [0, 0.1) is 0 Å². The Morgan fingerprint density at radius 3 is 2.11 bits per heavy atom. The molecular formula is C17H24Cl3N5O2Zn. The van der Waals surface area contributed by atoms with Crippen molar-refractivity contribution in [1.29, 1.82) is 0 Å². The summed E-state index contributed by atoms with van der Waals surface area (Å²) in [7, 11) is 5.00. The van der Waals surface area contributed by atoms with E-state index in [9.17, 15) is 0 Å². The molecule has 0 unspecified atom stereocenters. The van der Waals surface area contributed by atoms with Crippen LogP contribution < -0.4 is 56.3 Å². The molecule has 0 saturated carbocycles. The van der Waals surface area contributed by atoms with Crippen LogP contribution in [0.25, 0.3) is 0 Å². The first-order valence-electron chi connectivity index (χ1n) is 7.89. The number of halogens is 3. The smallest absolute Gasteiger partial charge is 1.00 e. The molecule has 1 aromatic carbocycles. The zero-order valence-electron chi connectivity index (χ0n) is 16.7. The second-order valence-electron chi connectivity index (χ2n) is 5.09. The van der Waals surface area contributed by atoms with Gasteiger partial charge in [-0.3, -0.25) is 0 Å². The number of aromatic nitrogens is 2. The van der Waals surface area contributed by atoms with Crippen molar-refractivity contribution in [3.8, 4) is 11.6 Å². The van der Waals surface area contributed by atoms with Gasteiger partial charge in [0.15, 0.2) is 11.4 Å². The maximum atomic E-state index is 5.46. The van der Waals surface area contributed by atoms with Crippen molar-refractivity contribution in [3.63, 3.8) is 0 Å². The van der Waals surface area contributed by atoms with E-state index in [1.54, 1.807) is 38.1 Å². The Kier molecular flexibility index (Phi) is 17.6. The summed E-state index contributed by atoms with van der Waals surface area (Å²) in [6.45, 7) is 6.13. The zero-order chi connectivity index (χ0) is 17.5. The summed E-state index contributed by atoms with van der Waals surface area (Å²) in [4.78, 5) is 2.25. The fourth-order valence-electron chi connectivity index (χ4n) is 2.33. The molecule has 0 fully saturated rings. The molecule has 0 radical (unpaired) electrons. The van der Waals surface area contributed by atoms with Crippen molar-refractivity contribution in [2.24, 2.45) is 17.3 Å². The molecule has 0 amide bonds. The number of hydrogen-bond acceptors (Lipinski definition) is 6. The number of azo groups is 1. The minimum absolute atomic E-state index is 0. The summed E-state index contributed by atoms with van der Waals surface area (Å²) >= 11 is 0. The van der Waals surface area contributed by atoms with Crippen molar-refractivity contribution in [1.82, 2.24) is 5.10 Å². The normalized spacial score (nSPS) is 9.32. The van der Waals surface area contributed by atoms with E-state index in [-0.39, 0.29) is 56.7 Å². The molecule has 2 rings (SSSR count). The first kappa shape index (κ1) is 31.5. The molecule has 152 valence electrons. The molecule has 2 aromatic rings. The van der Waals surface area contributed by atoms with Crippen LogP contribution in [0.4, 0.5) is 17.2 Å². The van der Waals surface area contributed by atoms with Crippen LogP contribution >= 0.6 is 0 Å². The first-order valence-corrected chi connectivity index (χ1v) is 7.89. The number of nitrogens with zero attached hydrogens (tertiary/aromatic N) is 5. The fourth-order valence-corrected chi connectivity index (χ4v) is 2.33. The molecule has 28 heavy (non-hydrogen) atoms. The van der Waals surface area contributed by atoms with Crippen molar-refractivity contribution in [2.45, 2.75) is 13.8 Å². The maximum Gasteiger partial charge on any atom is 2.00 e. The average molecular weight is 502 g/mol. The molecule has 0 aliphatic heterocycles. The predicted octanol–water partition coefficient (Wildman–Crippen LogP) is -5.81. The van der Waals surface area contributed by atoms with Gasteiger partial charge in [-0.1, -0.05) is 0 Å². The summed E-state index contributed by atoms with van der Waals surface area (Å²) < 4.78 is 12.1. The van der Waals surface area contributed by atoms with Crippen molar-refractivity contribution < 1.29 is 70.9 Å². The third-order valence-electron chi connectivity index (χ3n) is 3.72. The molecule has 0 N–H and O–H groups in total. The van der Waals surface area contributed by atoms with Gasteiger partial charge in [-0.05, 0) is 36.2 Å². The van der Waals surface area contributed by atoms with Crippen LogP contribution in [0.1, 0.15) is 13.8 Å². The van der Waals surface area contributed by atoms with Gasteiger partial charge in [-0.2, -0.15) is 0 Å². The Hall–Kier alpha value is -1.21. The number of benzene rings is 1. The van der Waals surface area contributed by atoms with Crippen molar-refractivity contribution in [2.75, 3.05) is 32.2 Å².